The van der Waals surface area contributed by atoms with Crippen molar-refractivity contribution in [3.63, 3.8) is 0 Å². The Kier molecular flexibility index (Phi) is 5.26. The van der Waals surface area contributed by atoms with Crippen molar-refractivity contribution in [1.82, 2.24) is 4.90 Å². The average molecular weight is 248 g/mol. The fourth-order valence-corrected chi connectivity index (χ4v) is 2.57. The molecule has 1 saturated carbocycles. The lowest BCUT2D eigenvalue weighted by molar-refractivity contribution is -0.152. The van der Waals surface area contributed by atoms with Crippen molar-refractivity contribution in [2.45, 2.75) is 51.2 Å². The van der Waals surface area contributed by atoms with Crippen molar-refractivity contribution in [2.24, 2.45) is 5.92 Å². The molecule has 1 fully saturated rings. The number of hydrogen-bond donors (Lipinski definition) is 0. The molecule has 0 N–H and O–H groups in total. The molecule has 1 aliphatic rings. The van der Waals surface area contributed by atoms with E-state index in [4.69, 9.17) is 5.26 Å². The van der Waals surface area contributed by atoms with Gasteiger partial charge in [0.2, 0.25) is 0 Å². The predicted octanol–water partition coefficient (Wildman–Crippen LogP) is 3.34. The maximum atomic E-state index is 12.5. The maximum absolute atomic E-state index is 12.5. The van der Waals surface area contributed by atoms with Gasteiger partial charge in [0.15, 0.2) is 0 Å². The van der Waals surface area contributed by atoms with Crippen LogP contribution in [0, 0.1) is 17.2 Å². The van der Waals surface area contributed by atoms with Gasteiger partial charge >= 0.3 is 6.18 Å². The van der Waals surface area contributed by atoms with Gasteiger partial charge in [-0.05, 0) is 19.4 Å². The second-order valence-corrected chi connectivity index (χ2v) is 4.62. The summed E-state index contributed by atoms with van der Waals surface area (Å²) in [6, 6.07) is 1.96. The molecule has 0 radical (unpaired) electrons. The molecule has 2 nitrogen and oxygen atoms in total. The normalized spacial score (nSPS) is 26.6. The van der Waals surface area contributed by atoms with Crippen LogP contribution in [0.2, 0.25) is 0 Å². The number of nitriles is 1. The Morgan fingerprint density at radius 1 is 1.24 bits per heavy atom. The van der Waals surface area contributed by atoms with Crippen LogP contribution in [0.15, 0.2) is 0 Å². The van der Waals surface area contributed by atoms with Crippen molar-refractivity contribution < 1.29 is 13.2 Å². The van der Waals surface area contributed by atoms with Crippen LogP contribution in [0.3, 0.4) is 0 Å². The van der Waals surface area contributed by atoms with Crippen LogP contribution in [0.4, 0.5) is 13.2 Å². The molecular weight excluding hydrogens is 229 g/mol. The largest absolute Gasteiger partial charge is 0.401 e. The van der Waals surface area contributed by atoms with E-state index in [0.29, 0.717) is 13.0 Å². The van der Waals surface area contributed by atoms with Gasteiger partial charge in [0.05, 0.1) is 18.5 Å². The van der Waals surface area contributed by atoms with E-state index in [2.05, 4.69) is 6.07 Å². The van der Waals surface area contributed by atoms with Gasteiger partial charge in [-0.2, -0.15) is 18.4 Å². The van der Waals surface area contributed by atoms with Gasteiger partial charge < -0.3 is 0 Å². The summed E-state index contributed by atoms with van der Waals surface area (Å²) in [4.78, 5) is 1.42. The molecule has 0 aromatic rings. The van der Waals surface area contributed by atoms with Crippen LogP contribution >= 0.6 is 0 Å². The van der Waals surface area contributed by atoms with E-state index in [-0.39, 0.29) is 12.0 Å². The number of halogens is 3. The Labute approximate surface area is 100 Å². The molecule has 2 unspecified atom stereocenters. The zero-order chi connectivity index (χ0) is 12.9. The van der Waals surface area contributed by atoms with E-state index in [1.54, 1.807) is 6.92 Å². The Bertz CT molecular complexity index is 270. The van der Waals surface area contributed by atoms with E-state index >= 15 is 0 Å². The molecule has 0 saturated heterocycles. The molecule has 5 heteroatoms. The van der Waals surface area contributed by atoms with E-state index < -0.39 is 12.7 Å². The van der Waals surface area contributed by atoms with Gasteiger partial charge in [0, 0.05) is 6.04 Å². The lowest BCUT2D eigenvalue weighted by atomic mass is 9.94. The molecule has 1 aliphatic carbocycles. The average Bonchev–Trinajstić information content (AvgIpc) is 2.49. The van der Waals surface area contributed by atoms with Gasteiger partial charge in [-0.25, -0.2) is 0 Å². The zero-order valence-corrected chi connectivity index (χ0v) is 10.1. The summed E-state index contributed by atoms with van der Waals surface area (Å²) in [6.45, 7) is 1.18. The first kappa shape index (κ1) is 14.3. The van der Waals surface area contributed by atoms with E-state index in [0.717, 1.165) is 25.7 Å². The van der Waals surface area contributed by atoms with Crippen molar-refractivity contribution in [3.8, 4) is 6.07 Å². The third kappa shape index (κ3) is 4.55. The summed E-state index contributed by atoms with van der Waals surface area (Å²) >= 11 is 0. The first-order valence-electron chi connectivity index (χ1n) is 6.18. The van der Waals surface area contributed by atoms with Crippen LogP contribution in [-0.2, 0) is 0 Å². The minimum Gasteiger partial charge on any atom is -0.291 e. The molecule has 0 aromatic heterocycles. The fourth-order valence-electron chi connectivity index (χ4n) is 2.57. The molecule has 1 rings (SSSR count). The monoisotopic (exact) mass is 248 g/mol. The van der Waals surface area contributed by atoms with Crippen LogP contribution in [0.25, 0.3) is 0 Å². The molecule has 17 heavy (non-hydrogen) atoms. The molecule has 0 aromatic carbocycles. The molecule has 98 valence electrons. The van der Waals surface area contributed by atoms with E-state index in [1.165, 1.54) is 4.90 Å². The van der Waals surface area contributed by atoms with Gasteiger partial charge in [0.25, 0.3) is 0 Å². The quantitative estimate of drug-likeness (QED) is 0.716. The highest BCUT2D eigenvalue weighted by atomic mass is 19.4. The number of nitrogens with zero attached hydrogens (tertiary/aromatic N) is 2. The second kappa shape index (κ2) is 6.25. The third-order valence-electron chi connectivity index (χ3n) is 3.40. The second-order valence-electron chi connectivity index (χ2n) is 4.62. The van der Waals surface area contributed by atoms with Gasteiger partial charge in [-0.1, -0.05) is 26.2 Å². The van der Waals surface area contributed by atoms with Crippen molar-refractivity contribution in [3.05, 3.63) is 0 Å². The molecule has 0 heterocycles. The van der Waals surface area contributed by atoms with Gasteiger partial charge in [0.1, 0.15) is 0 Å². The van der Waals surface area contributed by atoms with Crippen molar-refractivity contribution in [1.29, 1.82) is 5.26 Å². The maximum Gasteiger partial charge on any atom is 0.401 e. The topological polar surface area (TPSA) is 27.0 Å². The third-order valence-corrected chi connectivity index (χ3v) is 3.40. The summed E-state index contributed by atoms with van der Waals surface area (Å²) in [6.07, 6.45) is 0.174. The van der Waals surface area contributed by atoms with Crippen LogP contribution < -0.4 is 0 Å². The molecular formula is C12H19F3N2. The Morgan fingerprint density at radius 3 is 2.41 bits per heavy atom. The molecule has 0 bridgehead atoms. The van der Waals surface area contributed by atoms with Crippen LogP contribution in [-0.4, -0.2) is 30.2 Å². The Hall–Kier alpha value is -0.760. The first-order chi connectivity index (χ1) is 7.98. The van der Waals surface area contributed by atoms with Gasteiger partial charge in [-0.3, -0.25) is 4.90 Å². The minimum absolute atomic E-state index is 0.228. The number of alkyl halides is 3. The predicted molar refractivity (Wildman–Crippen MR) is 59.3 cm³/mol. The van der Waals surface area contributed by atoms with Crippen molar-refractivity contribution in [2.75, 3.05) is 13.1 Å². The Balaban J connectivity index is 2.73. The fraction of sp³-hybridized carbons (Fsp3) is 0.917. The smallest absolute Gasteiger partial charge is 0.291 e. The minimum atomic E-state index is -4.18. The summed E-state index contributed by atoms with van der Waals surface area (Å²) in [5, 5.41) is 9.07. The molecule has 0 spiro atoms. The summed E-state index contributed by atoms with van der Waals surface area (Å²) < 4.78 is 37.4. The summed E-state index contributed by atoms with van der Waals surface area (Å²) in [5.74, 6) is -0.250. The number of hydrogen-bond acceptors (Lipinski definition) is 2. The van der Waals surface area contributed by atoms with Crippen LogP contribution in [0.5, 0.6) is 0 Å². The summed E-state index contributed by atoms with van der Waals surface area (Å²) in [5.41, 5.74) is 0. The van der Waals surface area contributed by atoms with Crippen molar-refractivity contribution >= 4 is 0 Å². The lowest BCUT2D eigenvalue weighted by Crippen LogP contribution is -2.44. The highest BCUT2D eigenvalue weighted by Gasteiger charge is 2.36. The highest BCUT2D eigenvalue weighted by Crippen LogP contribution is 2.29. The summed E-state index contributed by atoms with van der Waals surface area (Å²) in [7, 11) is 0. The lowest BCUT2D eigenvalue weighted by Gasteiger charge is -2.33. The first-order valence-corrected chi connectivity index (χ1v) is 6.18. The number of rotatable bonds is 3. The van der Waals surface area contributed by atoms with Crippen LogP contribution in [0.1, 0.15) is 39.0 Å². The Morgan fingerprint density at radius 2 is 1.88 bits per heavy atom. The molecule has 2 atom stereocenters. The zero-order valence-electron chi connectivity index (χ0n) is 10.1. The van der Waals surface area contributed by atoms with E-state index in [1.807, 2.05) is 0 Å². The standard InChI is InChI=1S/C12H19F3N2/c1-2-17(9-12(13,14)15)11-7-5-3-4-6-10(11)8-16/h10-11H,2-7,9H2,1H3. The van der Waals surface area contributed by atoms with E-state index in [9.17, 15) is 13.2 Å². The highest BCUT2D eigenvalue weighted by molar-refractivity contribution is 4.94. The molecule has 0 amide bonds. The SMILES string of the molecule is CCN(CC(F)(F)F)C1CCCCCC1C#N. The van der Waals surface area contributed by atoms with Gasteiger partial charge in [-0.15, -0.1) is 0 Å². The molecule has 0 aliphatic heterocycles.